The largest absolute Gasteiger partial charge is 0.339 e. The molecule has 1 aliphatic rings. The van der Waals surface area contributed by atoms with Gasteiger partial charge in [0.05, 0.1) is 0 Å². The van der Waals surface area contributed by atoms with Gasteiger partial charge >= 0.3 is 0 Å². The molecule has 0 atom stereocenters. The zero-order valence-corrected chi connectivity index (χ0v) is 14.8. The molecule has 0 spiro atoms. The Labute approximate surface area is 148 Å². The molecular formula is C21H24N2O2. The Bertz CT molecular complexity index is 777. The lowest BCUT2D eigenvalue weighted by molar-refractivity contribution is 0.0697. The molecule has 1 fully saturated rings. The third-order valence-electron chi connectivity index (χ3n) is 4.72. The first-order chi connectivity index (χ1) is 12.0. The highest BCUT2D eigenvalue weighted by Gasteiger charge is 2.22. The molecule has 4 nitrogen and oxygen atoms in total. The number of amides is 2. The average molecular weight is 336 g/mol. The van der Waals surface area contributed by atoms with Crippen LogP contribution < -0.4 is 5.32 Å². The van der Waals surface area contributed by atoms with Gasteiger partial charge < -0.3 is 10.2 Å². The van der Waals surface area contributed by atoms with Crippen LogP contribution in [0, 0.1) is 12.8 Å². The van der Waals surface area contributed by atoms with E-state index in [0.29, 0.717) is 17.0 Å². The monoisotopic (exact) mass is 336 g/mol. The zero-order valence-electron chi connectivity index (χ0n) is 14.8. The molecule has 1 N–H and O–H groups in total. The number of aryl methyl sites for hydroxylation is 1. The van der Waals surface area contributed by atoms with Crippen LogP contribution in [0.3, 0.4) is 0 Å². The molecule has 1 aliphatic heterocycles. The summed E-state index contributed by atoms with van der Waals surface area (Å²) in [7, 11) is 0. The van der Waals surface area contributed by atoms with Crippen LogP contribution in [0.15, 0.2) is 48.5 Å². The standard InChI is InChI=1S/C21H24N2O2/c1-15-9-11-23(12-10-15)21(25)18-7-4-6-17(14-18)20(24)22-19-8-3-5-16(2)13-19/h3-8,13-15H,9-12H2,1-2H3,(H,22,24). The lowest BCUT2D eigenvalue weighted by atomic mass is 9.98. The minimum absolute atomic E-state index is 0.0112. The van der Waals surface area contributed by atoms with Crippen LogP contribution in [0.1, 0.15) is 46.0 Å². The molecule has 0 saturated carbocycles. The Morgan fingerprint density at radius 3 is 2.40 bits per heavy atom. The number of nitrogens with one attached hydrogen (secondary N) is 1. The van der Waals surface area contributed by atoms with E-state index in [1.165, 1.54) is 0 Å². The van der Waals surface area contributed by atoms with Gasteiger partial charge in [0.15, 0.2) is 0 Å². The molecule has 4 heteroatoms. The minimum Gasteiger partial charge on any atom is -0.339 e. The molecule has 130 valence electrons. The fourth-order valence-corrected chi connectivity index (χ4v) is 3.11. The van der Waals surface area contributed by atoms with Crippen LogP contribution >= 0.6 is 0 Å². The van der Waals surface area contributed by atoms with Crippen LogP contribution in [-0.2, 0) is 0 Å². The van der Waals surface area contributed by atoms with Crippen molar-refractivity contribution in [1.82, 2.24) is 4.90 Å². The first-order valence-corrected chi connectivity index (χ1v) is 8.80. The number of hydrogen-bond acceptors (Lipinski definition) is 2. The summed E-state index contributed by atoms with van der Waals surface area (Å²) in [6.07, 6.45) is 2.08. The van der Waals surface area contributed by atoms with Crippen molar-refractivity contribution in [2.24, 2.45) is 5.92 Å². The van der Waals surface area contributed by atoms with Crippen molar-refractivity contribution in [3.8, 4) is 0 Å². The van der Waals surface area contributed by atoms with Crippen molar-refractivity contribution < 1.29 is 9.59 Å². The number of hydrogen-bond donors (Lipinski definition) is 1. The van der Waals surface area contributed by atoms with E-state index in [0.717, 1.165) is 37.2 Å². The van der Waals surface area contributed by atoms with Gasteiger partial charge in [0.25, 0.3) is 11.8 Å². The van der Waals surface area contributed by atoms with Crippen molar-refractivity contribution in [2.45, 2.75) is 26.7 Å². The Morgan fingerprint density at radius 2 is 1.68 bits per heavy atom. The summed E-state index contributed by atoms with van der Waals surface area (Å²) >= 11 is 0. The fraction of sp³-hybridized carbons (Fsp3) is 0.333. The van der Waals surface area contributed by atoms with E-state index in [2.05, 4.69) is 12.2 Å². The normalized spacial score (nSPS) is 15.0. The maximum Gasteiger partial charge on any atom is 0.255 e. The second kappa shape index (κ2) is 7.51. The summed E-state index contributed by atoms with van der Waals surface area (Å²) in [6.45, 7) is 5.78. The smallest absolute Gasteiger partial charge is 0.255 e. The van der Waals surface area contributed by atoms with Crippen molar-refractivity contribution in [1.29, 1.82) is 0 Å². The molecule has 0 aliphatic carbocycles. The van der Waals surface area contributed by atoms with Crippen LogP contribution in [0.5, 0.6) is 0 Å². The second-order valence-corrected chi connectivity index (χ2v) is 6.88. The predicted octanol–water partition coefficient (Wildman–Crippen LogP) is 4.12. The average Bonchev–Trinajstić information content (AvgIpc) is 2.62. The van der Waals surface area contributed by atoms with Crippen LogP contribution in [-0.4, -0.2) is 29.8 Å². The van der Waals surface area contributed by atoms with Gasteiger partial charge in [-0.3, -0.25) is 9.59 Å². The van der Waals surface area contributed by atoms with Crippen LogP contribution in [0.25, 0.3) is 0 Å². The topological polar surface area (TPSA) is 49.4 Å². The lowest BCUT2D eigenvalue weighted by Crippen LogP contribution is -2.38. The molecule has 3 rings (SSSR count). The molecule has 0 radical (unpaired) electrons. The van der Waals surface area contributed by atoms with E-state index in [9.17, 15) is 9.59 Å². The summed E-state index contributed by atoms with van der Waals surface area (Å²) in [5.41, 5.74) is 2.91. The van der Waals surface area contributed by atoms with Gasteiger partial charge in [0.2, 0.25) is 0 Å². The lowest BCUT2D eigenvalue weighted by Gasteiger charge is -2.30. The molecule has 0 aromatic heterocycles. The number of likely N-dealkylation sites (tertiary alicyclic amines) is 1. The Morgan fingerprint density at radius 1 is 1.00 bits per heavy atom. The van der Waals surface area contributed by atoms with Crippen molar-refractivity contribution >= 4 is 17.5 Å². The van der Waals surface area contributed by atoms with Crippen molar-refractivity contribution in [3.63, 3.8) is 0 Å². The van der Waals surface area contributed by atoms with Gasteiger partial charge in [0.1, 0.15) is 0 Å². The van der Waals surface area contributed by atoms with Gasteiger partial charge in [-0.25, -0.2) is 0 Å². The van der Waals surface area contributed by atoms with Gasteiger partial charge in [-0.1, -0.05) is 25.1 Å². The summed E-state index contributed by atoms with van der Waals surface area (Å²) in [4.78, 5) is 27.0. The highest BCUT2D eigenvalue weighted by molar-refractivity contribution is 6.06. The van der Waals surface area contributed by atoms with E-state index < -0.39 is 0 Å². The highest BCUT2D eigenvalue weighted by atomic mass is 16.2. The predicted molar refractivity (Wildman–Crippen MR) is 99.9 cm³/mol. The van der Waals surface area contributed by atoms with Crippen molar-refractivity contribution in [2.75, 3.05) is 18.4 Å². The SMILES string of the molecule is Cc1cccc(NC(=O)c2cccc(C(=O)N3CCC(C)CC3)c2)c1. The highest BCUT2D eigenvalue weighted by Crippen LogP contribution is 2.19. The van der Waals surface area contributed by atoms with Crippen molar-refractivity contribution in [3.05, 3.63) is 65.2 Å². The molecule has 25 heavy (non-hydrogen) atoms. The number of piperidine rings is 1. The van der Waals surface area contributed by atoms with E-state index in [4.69, 9.17) is 0 Å². The molecule has 0 unspecified atom stereocenters. The summed E-state index contributed by atoms with van der Waals surface area (Å²) in [6, 6.07) is 14.6. The maximum atomic E-state index is 12.7. The van der Waals surface area contributed by atoms with Gasteiger partial charge in [-0.2, -0.15) is 0 Å². The molecule has 2 aromatic rings. The number of benzene rings is 2. The molecule has 1 heterocycles. The molecular weight excluding hydrogens is 312 g/mol. The van der Waals surface area contributed by atoms with E-state index in [1.54, 1.807) is 24.3 Å². The number of nitrogens with zero attached hydrogens (tertiary/aromatic N) is 1. The zero-order chi connectivity index (χ0) is 17.8. The second-order valence-electron chi connectivity index (χ2n) is 6.88. The number of anilines is 1. The Kier molecular flexibility index (Phi) is 5.17. The molecule has 0 bridgehead atoms. The number of rotatable bonds is 3. The molecule has 2 aromatic carbocycles. The quantitative estimate of drug-likeness (QED) is 0.916. The summed E-state index contributed by atoms with van der Waals surface area (Å²) in [5, 5.41) is 2.89. The number of carbonyl (C=O) groups is 2. The van der Waals surface area contributed by atoms with Gasteiger partial charge in [0, 0.05) is 29.9 Å². The van der Waals surface area contributed by atoms with E-state index >= 15 is 0 Å². The third kappa shape index (κ3) is 4.27. The summed E-state index contributed by atoms with van der Waals surface area (Å²) in [5.74, 6) is 0.486. The molecule has 1 saturated heterocycles. The Balaban J connectivity index is 1.72. The molecule has 2 amide bonds. The van der Waals surface area contributed by atoms with E-state index in [1.807, 2.05) is 36.1 Å². The maximum absolute atomic E-state index is 12.7. The minimum atomic E-state index is -0.201. The third-order valence-corrected chi connectivity index (χ3v) is 4.72. The van der Waals surface area contributed by atoms with Gasteiger partial charge in [-0.15, -0.1) is 0 Å². The summed E-state index contributed by atoms with van der Waals surface area (Å²) < 4.78 is 0. The van der Waals surface area contributed by atoms with Crippen LogP contribution in [0.2, 0.25) is 0 Å². The van der Waals surface area contributed by atoms with E-state index in [-0.39, 0.29) is 11.8 Å². The first kappa shape index (κ1) is 17.2. The van der Waals surface area contributed by atoms with Gasteiger partial charge in [-0.05, 0) is 61.6 Å². The van der Waals surface area contributed by atoms with Crippen LogP contribution in [0.4, 0.5) is 5.69 Å². The first-order valence-electron chi connectivity index (χ1n) is 8.80. The Hall–Kier alpha value is -2.62. The fourth-order valence-electron chi connectivity index (χ4n) is 3.11. The number of carbonyl (C=O) groups excluding carboxylic acids is 2.